The van der Waals surface area contributed by atoms with Crippen LogP contribution in [-0.4, -0.2) is 5.11 Å². The molecule has 0 spiro atoms. The molecule has 94 valence electrons. The van der Waals surface area contributed by atoms with Crippen molar-refractivity contribution in [1.82, 2.24) is 0 Å². The molecule has 0 aliphatic rings. The van der Waals surface area contributed by atoms with Crippen molar-refractivity contribution in [3.63, 3.8) is 0 Å². The summed E-state index contributed by atoms with van der Waals surface area (Å²) in [5.74, 6) is -1.97. The molecule has 1 atom stereocenters. The van der Waals surface area contributed by atoms with Crippen LogP contribution in [0.3, 0.4) is 0 Å². The Balaban J connectivity index is 2.21. The van der Waals surface area contributed by atoms with Crippen LogP contribution in [0.25, 0.3) is 0 Å². The van der Waals surface area contributed by atoms with E-state index in [1.807, 2.05) is 0 Å². The predicted octanol–water partition coefficient (Wildman–Crippen LogP) is 3.38. The van der Waals surface area contributed by atoms with Crippen molar-refractivity contribution < 1.29 is 18.3 Å². The average Bonchev–Trinajstić information content (AvgIpc) is 2.27. The molecule has 4 heteroatoms. The summed E-state index contributed by atoms with van der Waals surface area (Å²) in [5.41, 5.74) is 0.394. The van der Waals surface area contributed by atoms with Gasteiger partial charge in [0.05, 0.1) is 6.10 Å². The van der Waals surface area contributed by atoms with Gasteiger partial charge in [0.1, 0.15) is 17.5 Å². The van der Waals surface area contributed by atoms with Gasteiger partial charge in [-0.3, -0.25) is 0 Å². The van der Waals surface area contributed by atoms with Crippen molar-refractivity contribution in [2.45, 2.75) is 12.5 Å². The molecule has 0 saturated carbocycles. The molecular weight excluding hydrogens is 241 g/mol. The summed E-state index contributed by atoms with van der Waals surface area (Å²) in [6.45, 7) is 0. The van der Waals surface area contributed by atoms with Gasteiger partial charge in [0.2, 0.25) is 0 Å². The quantitative estimate of drug-likeness (QED) is 0.887. The zero-order chi connectivity index (χ0) is 13.1. The summed E-state index contributed by atoms with van der Waals surface area (Å²) in [6.07, 6.45) is -1.18. The lowest BCUT2D eigenvalue weighted by molar-refractivity contribution is 0.173. The number of rotatable bonds is 3. The molecule has 0 heterocycles. The van der Waals surface area contributed by atoms with Crippen LogP contribution in [0.5, 0.6) is 0 Å². The van der Waals surface area contributed by atoms with E-state index in [0.717, 1.165) is 18.2 Å². The first-order valence-corrected chi connectivity index (χ1v) is 5.44. The Morgan fingerprint density at radius 1 is 0.944 bits per heavy atom. The number of aliphatic hydroxyl groups is 1. The van der Waals surface area contributed by atoms with Gasteiger partial charge in [0.15, 0.2) is 0 Å². The molecule has 0 amide bonds. The molecule has 18 heavy (non-hydrogen) atoms. The second-order valence-electron chi connectivity index (χ2n) is 4.02. The molecule has 0 fully saturated rings. The van der Waals surface area contributed by atoms with E-state index in [2.05, 4.69) is 0 Å². The van der Waals surface area contributed by atoms with Crippen molar-refractivity contribution in [2.75, 3.05) is 0 Å². The standard InChI is InChI=1S/C14H11F3O/c15-10-5-9(6-11(16)8-10)7-14(18)12-3-1-2-4-13(12)17/h1-6,8,14,18H,7H2. The Morgan fingerprint density at radius 3 is 2.17 bits per heavy atom. The molecule has 1 N–H and O–H groups in total. The predicted molar refractivity (Wildman–Crippen MR) is 61.4 cm³/mol. The minimum absolute atomic E-state index is 0.0460. The maximum absolute atomic E-state index is 13.4. The Bertz CT molecular complexity index is 534. The van der Waals surface area contributed by atoms with E-state index in [1.165, 1.54) is 18.2 Å². The van der Waals surface area contributed by atoms with Crippen LogP contribution < -0.4 is 0 Å². The SMILES string of the molecule is OC(Cc1cc(F)cc(F)c1)c1ccccc1F. The molecular formula is C14H11F3O. The third-order valence-corrected chi connectivity index (χ3v) is 2.62. The largest absolute Gasteiger partial charge is 0.388 e. The van der Waals surface area contributed by atoms with Crippen LogP contribution in [0.15, 0.2) is 42.5 Å². The fourth-order valence-electron chi connectivity index (χ4n) is 1.81. The van der Waals surface area contributed by atoms with Crippen LogP contribution in [0.4, 0.5) is 13.2 Å². The van der Waals surface area contributed by atoms with E-state index in [4.69, 9.17) is 0 Å². The molecule has 2 aromatic carbocycles. The Hall–Kier alpha value is -1.81. The topological polar surface area (TPSA) is 20.2 Å². The number of hydrogen-bond donors (Lipinski definition) is 1. The van der Waals surface area contributed by atoms with Crippen LogP contribution in [0.1, 0.15) is 17.2 Å². The lowest BCUT2D eigenvalue weighted by Gasteiger charge is -2.12. The second kappa shape index (κ2) is 5.23. The van der Waals surface area contributed by atoms with Crippen LogP contribution in [0, 0.1) is 17.5 Å². The van der Waals surface area contributed by atoms with Crippen molar-refractivity contribution in [3.05, 3.63) is 71.0 Å². The summed E-state index contributed by atoms with van der Waals surface area (Å²) in [4.78, 5) is 0. The molecule has 0 saturated heterocycles. The van der Waals surface area contributed by atoms with E-state index in [9.17, 15) is 18.3 Å². The van der Waals surface area contributed by atoms with Crippen molar-refractivity contribution in [1.29, 1.82) is 0 Å². The lowest BCUT2D eigenvalue weighted by atomic mass is 10.0. The average molecular weight is 252 g/mol. The summed E-state index contributed by atoms with van der Waals surface area (Å²) in [5, 5.41) is 9.85. The fourth-order valence-corrected chi connectivity index (χ4v) is 1.81. The molecule has 0 aliphatic carbocycles. The van der Waals surface area contributed by atoms with Crippen molar-refractivity contribution >= 4 is 0 Å². The minimum Gasteiger partial charge on any atom is -0.388 e. The van der Waals surface area contributed by atoms with Crippen LogP contribution >= 0.6 is 0 Å². The molecule has 2 rings (SSSR count). The van der Waals surface area contributed by atoms with E-state index in [1.54, 1.807) is 6.07 Å². The fraction of sp³-hybridized carbons (Fsp3) is 0.143. The van der Waals surface area contributed by atoms with Gasteiger partial charge in [-0.25, -0.2) is 13.2 Å². The number of hydrogen-bond acceptors (Lipinski definition) is 1. The van der Waals surface area contributed by atoms with Gasteiger partial charge in [-0.15, -0.1) is 0 Å². The highest BCUT2D eigenvalue weighted by atomic mass is 19.1. The Morgan fingerprint density at radius 2 is 1.56 bits per heavy atom. The van der Waals surface area contributed by atoms with E-state index >= 15 is 0 Å². The van der Waals surface area contributed by atoms with E-state index in [0.29, 0.717) is 0 Å². The molecule has 0 bridgehead atoms. The Kier molecular flexibility index (Phi) is 3.67. The highest BCUT2D eigenvalue weighted by Crippen LogP contribution is 2.21. The van der Waals surface area contributed by atoms with Gasteiger partial charge in [0.25, 0.3) is 0 Å². The third kappa shape index (κ3) is 2.90. The van der Waals surface area contributed by atoms with Gasteiger partial charge in [-0.1, -0.05) is 18.2 Å². The molecule has 1 unspecified atom stereocenters. The van der Waals surface area contributed by atoms with Crippen molar-refractivity contribution in [3.8, 4) is 0 Å². The Labute approximate surface area is 103 Å². The summed E-state index contributed by atoms with van der Waals surface area (Å²) in [7, 11) is 0. The van der Waals surface area contributed by atoms with Gasteiger partial charge in [-0.05, 0) is 23.8 Å². The first-order valence-electron chi connectivity index (χ1n) is 5.44. The van der Waals surface area contributed by atoms with Gasteiger partial charge in [0, 0.05) is 18.1 Å². The summed E-state index contributed by atoms with van der Waals surface area (Å²) >= 11 is 0. The first kappa shape index (κ1) is 12.6. The smallest absolute Gasteiger partial charge is 0.129 e. The van der Waals surface area contributed by atoms with Crippen molar-refractivity contribution in [2.24, 2.45) is 0 Å². The maximum atomic E-state index is 13.4. The third-order valence-electron chi connectivity index (χ3n) is 2.62. The summed E-state index contributed by atoms with van der Waals surface area (Å²) < 4.78 is 39.3. The van der Waals surface area contributed by atoms with Crippen LogP contribution in [0.2, 0.25) is 0 Å². The zero-order valence-corrected chi connectivity index (χ0v) is 9.41. The van der Waals surface area contributed by atoms with E-state index in [-0.39, 0.29) is 17.5 Å². The monoisotopic (exact) mass is 252 g/mol. The molecule has 1 nitrogen and oxygen atoms in total. The minimum atomic E-state index is -1.13. The molecule has 2 aromatic rings. The number of benzene rings is 2. The second-order valence-corrected chi connectivity index (χ2v) is 4.02. The normalized spacial score (nSPS) is 12.4. The van der Waals surface area contributed by atoms with Gasteiger partial charge >= 0.3 is 0 Å². The zero-order valence-electron chi connectivity index (χ0n) is 9.41. The van der Waals surface area contributed by atoms with Gasteiger partial charge < -0.3 is 5.11 Å². The molecule has 0 aromatic heterocycles. The van der Waals surface area contributed by atoms with Gasteiger partial charge in [-0.2, -0.15) is 0 Å². The van der Waals surface area contributed by atoms with Crippen LogP contribution in [-0.2, 0) is 6.42 Å². The first-order chi connectivity index (χ1) is 8.56. The lowest BCUT2D eigenvalue weighted by Crippen LogP contribution is -2.04. The van der Waals surface area contributed by atoms with E-state index < -0.39 is 23.6 Å². The molecule has 0 radical (unpaired) electrons. The summed E-state index contributed by atoms with van der Waals surface area (Å²) in [6, 6.07) is 8.75. The number of halogens is 3. The maximum Gasteiger partial charge on any atom is 0.129 e. The highest BCUT2D eigenvalue weighted by molar-refractivity contribution is 5.24. The molecule has 0 aliphatic heterocycles. The highest BCUT2D eigenvalue weighted by Gasteiger charge is 2.13. The number of aliphatic hydroxyl groups excluding tert-OH is 1.